The van der Waals surface area contributed by atoms with Crippen LogP contribution in [0.3, 0.4) is 0 Å². The Morgan fingerprint density at radius 1 is 0.857 bits per heavy atom. The number of ether oxygens (including phenoxy) is 4. The Morgan fingerprint density at radius 2 is 1.53 bits per heavy atom. The second-order valence-electron chi connectivity index (χ2n) is 13.8. The van der Waals surface area contributed by atoms with Gasteiger partial charge < -0.3 is 23.8 Å². The number of nitrogens with zero attached hydrogens (tertiary/aromatic N) is 2. The number of benzene rings is 3. The molecule has 9 nitrogen and oxygen atoms in total. The van der Waals surface area contributed by atoms with Crippen molar-refractivity contribution >= 4 is 17.7 Å². The van der Waals surface area contributed by atoms with Gasteiger partial charge in [0.25, 0.3) is 0 Å². The quantitative estimate of drug-likeness (QED) is 0.128. The number of likely N-dealkylation sites (tertiary alicyclic amines) is 1. The van der Waals surface area contributed by atoms with E-state index in [1.165, 1.54) is 24.0 Å². The number of para-hydroxylation sites is 1. The molecule has 1 N–H and O–H groups in total. The maximum absolute atomic E-state index is 12.9. The van der Waals surface area contributed by atoms with Crippen molar-refractivity contribution in [2.24, 2.45) is 17.8 Å². The zero-order valence-electron chi connectivity index (χ0n) is 28.9. The molecule has 49 heavy (non-hydrogen) atoms. The summed E-state index contributed by atoms with van der Waals surface area (Å²) in [4.78, 5) is 30.1. The van der Waals surface area contributed by atoms with Crippen LogP contribution < -0.4 is 5.32 Å². The summed E-state index contributed by atoms with van der Waals surface area (Å²) in [7, 11) is 3.20. The molecule has 0 bridgehead atoms. The van der Waals surface area contributed by atoms with E-state index in [2.05, 4.69) is 34.5 Å². The summed E-state index contributed by atoms with van der Waals surface area (Å²) >= 11 is 0. The monoisotopic (exact) mass is 669 g/mol. The van der Waals surface area contributed by atoms with E-state index in [1.54, 1.807) is 14.2 Å². The van der Waals surface area contributed by atoms with E-state index >= 15 is 0 Å². The van der Waals surface area contributed by atoms with E-state index in [9.17, 15) is 9.59 Å². The summed E-state index contributed by atoms with van der Waals surface area (Å²) in [5.41, 5.74) is 5.34. The summed E-state index contributed by atoms with van der Waals surface area (Å²) in [5.74, 6) is 1.81. The van der Waals surface area contributed by atoms with Gasteiger partial charge in [0.2, 0.25) is 5.91 Å². The Morgan fingerprint density at radius 3 is 2.22 bits per heavy atom. The molecule has 2 amide bonds. The number of rotatable bonds is 17. The van der Waals surface area contributed by atoms with Gasteiger partial charge in [0, 0.05) is 46.0 Å². The molecule has 0 spiro atoms. The Hall–Kier alpha value is -3.76. The van der Waals surface area contributed by atoms with Crippen LogP contribution in [-0.4, -0.2) is 87.8 Å². The summed E-state index contributed by atoms with van der Waals surface area (Å²) in [6.07, 6.45) is 4.57. The second kappa shape index (κ2) is 17.3. The first-order chi connectivity index (χ1) is 24.0. The predicted octanol–water partition coefficient (Wildman–Crippen LogP) is 6.62. The molecular weight excluding hydrogens is 618 g/mol. The zero-order valence-corrected chi connectivity index (χ0v) is 28.9. The molecule has 3 fully saturated rings. The van der Waals surface area contributed by atoms with E-state index in [-0.39, 0.29) is 18.1 Å². The van der Waals surface area contributed by atoms with Gasteiger partial charge in [0.05, 0.1) is 31.9 Å². The average molecular weight is 670 g/mol. The van der Waals surface area contributed by atoms with Gasteiger partial charge in [-0.2, -0.15) is 0 Å². The van der Waals surface area contributed by atoms with E-state index in [0.717, 1.165) is 62.3 Å². The van der Waals surface area contributed by atoms with Crippen molar-refractivity contribution in [3.05, 3.63) is 90.0 Å². The van der Waals surface area contributed by atoms with Crippen LogP contribution in [0.15, 0.2) is 78.9 Å². The highest BCUT2D eigenvalue weighted by atomic mass is 16.7. The standard InChI is InChI=1S/C40H51N3O6/c1-46-39(47-2)28-43(25-31-16-17-31)38(44)19-21-48-20-18-29-12-14-30(15-13-29)24-42-26-33-22-35(23-34(33)27-42)49-40(45)41-37-11-7-6-10-36(37)32-8-4-3-5-9-32/h3-15,31,33-35,39H,16-28H2,1-2H3,(H,41,45)/t33-,34+,35+. The molecule has 262 valence electrons. The number of anilines is 1. The SMILES string of the molecule is COC(CN(CC1CC1)C(=O)CCOCCc1ccc(CN2C[C@H]3C[C@H](OC(=O)Nc4ccccc4-c4ccccc4)C[C@H]3C2)cc1)OC. The number of carbonyl (C=O) groups excluding carboxylic acids is 2. The molecule has 3 aromatic rings. The molecular formula is C40H51N3O6. The molecule has 3 atom stereocenters. The molecule has 3 aliphatic rings. The van der Waals surface area contributed by atoms with Gasteiger partial charge in [0.15, 0.2) is 6.29 Å². The van der Waals surface area contributed by atoms with Gasteiger partial charge in [-0.3, -0.25) is 15.0 Å². The predicted molar refractivity (Wildman–Crippen MR) is 190 cm³/mol. The maximum Gasteiger partial charge on any atom is 0.411 e. The molecule has 3 aromatic carbocycles. The average Bonchev–Trinajstić information content (AvgIpc) is 3.76. The van der Waals surface area contributed by atoms with E-state index < -0.39 is 6.29 Å². The minimum absolute atomic E-state index is 0.0407. The van der Waals surface area contributed by atoms with Crippen LogP contribution in [0.2, 0.25) is 0 Å². The number of carbonyl (C=O) groups is 2. The van der Waals surface area contributed by atoms with Gasteiger partial charge in [-0.1, -0.05) is 72.8 Å². The van der Waals surface area contributed by atoms with Crippen LogP contribution in [-0.2, 0) is 36.7 Å². The lowest BCUT2D eigenvalue weighted by molar-refractivity contribution is -0.146. The smallest absolute Gasteiger partial charge is 0.411 e. The Bertz CT molecular complexity index is 1480. The first-order valence-electron chi connectivity index (χ1n) is 17.8. The van der Waals surface area contributed by atoms with Crippen molar-refractivity contribution in [3.63, 3.8) is 0 Å². The third kappa shape index (κ3) is 10.1. The van der Waals surface area contributed by atoms with Gasteiger partial charge in [0.1, 0.15) is 6.10 Å². The van der Waals surface area contributed by atoms with Gasteiger partial charge in [-0.05, 0) is 72.6 Å². The molecule has 2 aliphatic carbocycles. The molecule has 0 unspecified atom stereocenters. The molecule has 1 heterocycles. The summed E-state index contributed by atoms with van der Waals surface area (Å²) in [5, 5.41) is 2.99. The lowest BCUT2D eigenvalue weighted by atomic mass is 10.0. The molecule has 1 aliphatic heterocycles. The number of hydrogen-bond acceptors (Lipinski definition) is 7. The lowest BCUT2D eigenvalue weighted by Crippen LogP contribution is -2.40. The first-order valence-corrected chi connectivity index (χ1v) is 17.8. The summed E-state index contributed by atoms with van der Waals surface area (Å²) in [6, 6.07) is 26.7. The van der Waals surface area contributed by atoms with Crippen molar-refractivity contribution in [1.82, 2.24) is 9.80 Å². The van der Waals surface area contributed by atoms with Crippen LogP contribution >= 0.6 is 0 Å². The van der Waals surface area contributed by atoms with Crippen molar-refractivity contribution in [2.45, 2.75) is 57.5 Å². The molecule has 6 rings (SSSR count). The fourth-order valence-electron chi connectivity index (χ4n) is 7.31. The van der Waals surface area contributed by atoms with Crippen LogP contribution in [0.25, 0.3) is 11.1 Å². The Labute approximate surface area is 290 Å². The van der Waals surface area contributed by atoms with Crippen LogP contribution in [0, 0.1) is 17.8 Å². The fraction of sp³-hybridized carbons (Fsp3) is 0.500. The molecule has 9 heteroatoms. The first kappa shape index (κ1) is 35.1. The van der Waals surface area contributed by atoms with Crippen molar-refractivity contribution in [1.29, 1.82) is 0 Å². The zero-order chi connectivity index (χ0) is 34.0. The minimum atomic E-state index is -0.404. The summed E-state index contributed by atoms with van der Waals surface area (Å²) in [6.45, 7) is 5.22. The number of nitrogens with one attached hydrogen (secondary N) is 1. The van der Waals surface area contributed by atoms with Crippen molar-refractivity contribution < 1.29 is 28.5 Å². The van der Waals surface area contributed by atoms with E-state index in [1.807, 2.05) is 59.5 Å². The van der Waals surface area contributed by atoms with Crippen molar-refractivity contribution in [2.75, 3.05) is 58.9 Å². The number of fused-ring (bicyclic) bond motifs is 1. The Kier molecular flexibility index (Phi) is 12.4. The maximum atomic E-state index is 12.9. The highest BCUT2D eigenvalue weighted by Gasteiger charge is 2.42. The molecule has 0 radical (unpaired) electrons. The van der Waals surface area contributed by atoms with Crippen LogP contribution in [0.4, 0.5) is 10.5 Å². The van der Waals surface area contributed by atoms with Crippen LogP contribution in [0.1, 0.15) is 43.2 Å². The van der Waals surface area contributed by atoms with Gasteiger partial charge >= 0.3 is 6.09 Å². The Balaban J connectivity index is 0.871. The van der Waals surface area contributed by atoms with Crippen LogP contribution in [0.5, 0.6) is 0 Å². The van der Waals surface area contributed by atoms with Crippen molar-refractivity contribution in [3.8, 4) is 11.1 Å². The summed E-state index contributed by atoms with van der Waals surface area (Å²) < 4.78 is 22.4. The number of methoxy groups -OCH3 is 2. The second-order valence-corrected chi connectivity index (χ2v) is 13.8. The topological polar surface area (TPSA) is 89.6 Å². The number of hydrogen-bond donors (Lipinski definition) is 1. The molecule has 2 saturated carbocycles. The highest BCUT2D eigenvalue weighted by Crippen LogP contribution is 2.40. The molecule has 1 saturated heterocycles. The lowest BCUT2D eigenvalue weighted by Gasteiger charge is -2.26. The van der Waals surface area contributed by atoms with E-state index in [0.29, 0.717) is 43.9 Å². The number of amides is 2. The third-order valence-corrected chi connectivity index (χ3v) is 10.2. The normalized spacial score (nSPS) is 20.3. The third-order valence-electron chi connectivity index (χ3n) is 10.2. The molecule has 0 aromatic heterocycles. The van der Waals surface area contributed by atoms with Gasteiger partial charge in [-0.15, -0.1) is 0 Å². The van der Waals surface area contributed by atoms with Gasteiger partial charge in [-0.25, -0.2) is 4.79 Å². The van der Waals surface area contributed by atoms with E-state index in [4.69, 9.17) is 18.9 Å². The largest absolute Gasteiger partial charge is 0.446 e. The highest BCUT2D eigenvalue weighted by molar-refractivity contribution is 5.91. The minimum Gasteiger partial charge on any atom is -0.446 e. The fourth-order valence-corrected chi connectivity index (χ4v) is 7.31.